The van der Waals surface area contributed by atoms with Crippen LogP contribution in [0.15, 0.2) is 36.7 Å². The fourth-order valence-corrected chi connectivity index (χ4v) is 1.66. The molecule has 8 heteroatoms. The number of nitrogens with zero attached hydrogens (tertiary/aromatic N) is 2. The summed E-state index contributed by atoms with van der Waals surface area (Å²) < 4.78 is 43.3. The zero-order chi connectivity index (χ0) is 13.9. The van der Waals surface area contributed by atoms with E-state index >= 15 is 0 Å². The van der Waals surface area contributed by atoms with Gasteiger partial charge in [0.05, 0.1) is 0 Å². The summed E-state index contributed by atoms with van der Waals surface area (Å²) in [4.78, 5) is 7.92. The van der Waals surface area contributed by atoms with Gasteiger partial charge in [0.25, 0.3) is 0 Å². The van der Waals surface area contributed by atoms with E-state index < -0.39 is 12.4 Å². The average Bonchev–Trinajstić information content (AvgIpc) is 2.36. The van der Waals surface area contributed by atoms with Crippen molar-refractivity contribution < 1.29 is 69.1 Å². The van der Waals surface area contributed by atoms with Crippen molar-refractivity contribution in [2.45, 2.75) is 13.5 Å². The fraction of sp³-hybridized carbons (Fsp3) is 0.167. The van der Waals surface area contributed by atoms with Gasteiger partial charge in [-0.1, -0.05) is 11.6 Å². The molecular formula is C12H11BF3KN2O. The van der Waals surface area contributed by atoms with E-state index in [2.05, 4.69) is 9.97 Å². The van der Waals surface area contributed by atoms with Gasteiger partial charge in [0.15, 0.2) is 5.82 Å². The Morgan fingerprint density at radius 1 is 1.15 bits per heavy atom. The van der Waals surface area contributed by atoms with E-state index in [1.54, 1.807) is 18.5 Å². The van der Waals surface area contributed by atoms with Crippen molar-refractivity contribution in [3.05, 3.63) is 48.0 Å². The Balaban J connectivity index is 0.00000200. The van der Waals surface area contributed by atoms with Crippen molar-refractivity contribution in [3.63, 3.8) is 0 Å². The summed E-state index contributed by atoms with van der Waals surface area (Å²) in [5, 5.41) is 0. The third-order valence-electron chi connectivity index (χ3n) is 2.58. The third-order valence-corrected chi connectivity index (χ3v) is 2.58. The topological polar surface area (TPSA) is 35.0 Å². The van der Waals surface area contributed by atoms with Gasteiger partial charge < -0.3 is 17.7 Å². The molecule has 100 valence electrons. The number of aromatic nitrogens is 2. The number of hydrogen-bond donors (Lipinski definition) is 0. The second-order valence-corrected chi connectivity index (χ2v) is 4.05. The summed E-state index contributed by atoms with van der Waals surface area (Å²) in [5.74, 6) is 0.845. The molecule has 1 aromatic heterocycles. The molecule has 2 rings (SSSR count). The molecule has 0 atom stereocenters. The second-order valence-electron chi connectivity index (χ2n) is 4.05. The number of hydrogen-bond acceptors (Lipinski definition) is 3. The number of rotatable bonds is 4. The summed E-state index contributed by atoms with van der Waals surface area (Å²) in [6, 6.07) is 5.39. The minimum absolute atomic E-state index is 0. The Kier molecular flexibility index (Phi) is 6.67. The van der Waals surface area contributed by atoms with Crippen LogP contribution < -0.4 is 61.6 Å². The molecule has 0 fully saturated rings. The normalized spacial score (nSPS) is 10.8. The van der Waals surface area contributed by atoms with E-state index in [1.165, 1.54) is 19.1 Å². The first-order chi connectivity index (χ1) is 8.97. The quantitative estimate of drug-likeness (QED) is 0.709. The Hall–Kier alpha value is -0.409. The molecule has 0 bridgehead atoms. The zero-order valence-corrected chi connectivity index (χ0v) is 14.3. The van der Waals surface area contributed by atoms with Crippen molar-refractivity contribution in [2.24, 2.45) is 0 Å². The van der Waals surface area contributed by atoms with Gasteiger partial charge in [-0.05, 0) is 25.1 Å². The smallest absolute Gasteiger partial charge is 0.486 e. The van der Waals surface area contributed by atoms with Gasteiger partial charge in [0.2, 0.25) is 0 Å². The predicted molar refractivity (Wildman–Crippen MR) is 66.3 cm³/mol. The summed E-state index contributed by atoms with van der Waals surface area (Å²) in [6.45, 7) is -3.45. The summed E-state index contributed by atoms with van der Waals surface area (Å²) in [5.41, 5.74) is -0.442. The minimum atomic E-state index is -4.98. The zero-order valence-electron chi connectivity index (χ0n) is 11.2. The molecule has 0 N–H and O–H groups in total. The fourth-order valence-electron chi connectivity index (χ4n) is 1.66. The van der Waals surface area contributed by atoms with Crippen molar-refractivity contribution >= 4 is 12.4 Å². The van der Waals surface area contributed by atoms with E-state index in [0.29, 0.717) is 11.6 Å². The monoisotopic (exact) mass is 306 g/mol. The Morgan fingerprint density at radius 2 is 1.80 bits per heavy atom. The van der Waals surface area contributed by atoms with E-state index in [-0.39, 0.29) is 63.6 Å². The SMILES string of the molecule is Cc1cc(OCc2ncccn2)ccc1[B-](F)(F)F.[K+]. The van der Waals surface area contributed by atoms with Crippen LogP contribution >= 0.6 is 0 Å². The maximum atomic E-state index is 12.6. The molecule has 0 saturated carbocycles. The van der Waals surface area contributed by atoms with Gasteiger partial charge >= 0.3 is 58.4 Å². The van der Waals surface area contributed by atoms with E-state index in [4.69, 9.17) is 4.74 Å². The maximum Gasteiger partial charge on any atom is 1.00 e. The molecule has 0 spiro atoms. The molecule has 3 nitrogen and oxygen atoms in total. The van der Waals surface area contributed by atoms with Gasteiger partial charge in [-0.3, -0.25) is 0 Å². The van der Waals surface area contributed by atoms with Crippen LogP contribution in [0.4, 0.5) is 12.9 Å². The van der Waals surface area contributed by atoms with Crippen LogP contribution in [0.2, 0.25) is 0 Å². The molecule has 1 heterocycles. The van der Waals surface area contributed by atoms with Crippen LogP contribution in [0.3, 0.4) is 0 Å². The molecule has 0 saturated heterocycles. The largest absolute Gasteiger partial charge is 1.00 e. The van der Waals surface area contributed by atoms with E-state index in [9.17, 15) is 12.9 Å². The maximum absolute atomic E-state index is 12.6. The van der Waals surface area contributed by atoms with Gasteiger partial charge in [-0.15, -0.1) is 5.46 Å². The van der Waals surface area contributed by atoms with Crippen LogP contribution in [-0.4, -0.2) is 16.9 Å². The Morgan fingerprint density at radius 3 is 2.35 bits per heavy atom. The molecule has 0 amide bonds. The van der Waals surface area contributed by atoms with Gasteiger partial charge in [-0.25, -0.2) is 9.97 Å². The first-order valence-corrected chi connectivity index (χ1v) is 5.66. The Bertz CT molecular complexity index is 566. The summed E-state index contributed by atoms with van der Waals surface area (Å²) >= 11 is 0. The summed E-state index contributed by atoms with van der Waals surface area (Å²) in [7, 11) is 0. The van der Waals surface area contributed by atoms with Gasteiger partial charge in [0, 0.05) is 12.4 Å². The van der Waals surface area contributed by atoms with Crippen molar-refractivity contribution in [3.8, 4) is 5.75 Å². The van der Waals surface area contributed by atoms with Crippen LogP contribution in [0, 0.1) is 6.92 Å². The molecule has 0 unspecified atom stereocenters. The van der Waals surface area contributed by atoms with Gasteiger partial charge in [-0.2, -0.15) is 0 Å². The molecule has 0 aliphatic heterocycles. The molecule has 20 heavy (non-hydrogen) atoms. The number of halogens is 3. The molecule has 0 aliphatic carbocycles. The molecule has 0 aliphatic rings. The second kappa shape index (κ2) is 7.56. The number of ether oxygens (including phenoxy) is 1. The number of aryl methyl sites for hydroxylation is 1. The van der Waals surface area contributed by atoms with Crippen LogP contribution in [-0.2, 0) is 6.61 Å². The summed E-state index contributed by atoms with van der Waals surface area (Å²) in [6.07, 6.45) is 3.15. The number of benzene rings is 1. The first-order valence-electron chi connectivity index (χ1n) is 5.66. The standard InChI is InChI=1S/C12H11BF3N2O.K/c1-9-7-10(3-4-11(9)13(14,15)16)19-8-12-17-5-2-6-18-12;/h2-7H,8H2,1H3;/q-1;+1. The van der Waals surface area contributed by atoms with E-state index in [0.717, 1.165) is 6.07 Å². The Labute approximate surface area is 157 Å². The van der Waals surface area contributed by atoms with Crippen LogP contribution in [0.5, 0.6) is 5.75 Å². The van der Waals surface area contributed by atoms with Crippen molar-refractivity contribution in [2.75, 3.05) is 0 Å². The van der Waals surface area contributed by atoms with Gasteiger partial charge in [0.1, 0.15) is 12.4 Å². The molecular weight excluding hydrogens is 295 g/mol. The van der Waals surface area contributed by atoms with Crippen LogP contribution in [0.25, 0.3) is 0 Å². The first kappa shape index (κ1) is 17.6. The average molecular weight is 306 g/mol. The molecule has 0 radical (unpaired) electrons. The van der Waals surface area contributed by atoms with Crippen LogP contribution in [0.1, 0.15) is 11.4 Å². The third kappa shape index (κ3) is 4.85. The molecule has 2 aromatic rings. The minimum Gasteiger partial charge on any atom is -0.486 e. The molecule has 1 aromatic carbocycles. The van der Waals surface area contributed by atoms with Crippen molar-refractivity contribution in [1.29, 1.82) is 0 Å². The van der Waals surface area contributed by atoms with E-state index in [1.807, 2.05) is 0 Å². The van der Waals surface area contributed by atoms with Crippen molar-refractivity contribution in [1.82, 2.24) is 9.97 Å². The predicted octanol–water partition coefficient (Wildman–Crippen LogP) is -0.578.